The number of hydrogen-bond donors (Lipinski definition) is 2. The molecule has 0 aromatic heterocycles. The number of carbonyl (C=O) groups excluding carboxylic acids is 1. The van der Waals surface area contributed by atoms with Crippen LogP contribution >= 0.6 is 12.8 Å². The topological polar surface area (TPSA) is 80.2 Å². The summed E-state index contributed by atoms with van der Waals surface area (Å²) in [7, 11) is 0. The second-order valence-corrected chi connectivity index (χ2v) is 3.46. The maximum absolute atomic E-state index is 11.1. The molecule has 1 rings (SSSR count). The van der Waals surface area contributed by atoms with E-state index < -0.39 is 11.9 Å². The van der Waals surface area contributed by atoms with Gasteiger partial charge in [0.05, 0.1) is 18.0 Å². The molecule has 0 bridgehead atoms. The standard InChI is InChI=1S/C6H11N5OS/c1-2-3-5(6(7)12)11(13)4-8-9-10-11/h4-5,13H,2-3H2,1H3,(H-,7,12)/p+1. The Kier molecular flexibility index (Phi) is 2.99. The van der Waals surface area contributed by atoms with Crippen LogP contribution in [-0.2, 0) is 4.79 Å². The van der Waals surface area contributed by atoms with Crippen molar-refractivity contribution < 1.29 is 8.79 Å². The van der Waals surface area contributed by atoms with E-state index in [9.17, 15) is 4.79 Å². The Labute approximate surface area is 81.6 Å². The SMILES string of the molecule is CCCC(C(N)=O)[N+]1(S)C=NN=N1. The Morgan fingerprint density at radius 3 is 2.85 bits per heavy atom. The summed E-state index contributed by atoms with van der Waals surface area (Å²) in [4.78, 5) is 11.1. The van der Waals surface area contributed by atoms with Gasteiger partial charge < -0.3 is 5.73 Å². The van der Waals surface area contributed by atoms with Crippen molar-refractivity contribution in [2.24, 2.45) is 21.3 Å². The van der Waals surface area contributed by atoms with Gasteiger partial charge in [0.2, 0.25) is 6.04 Å². The van der Waals surface area contributed by atoms with Crippen LogP contribution in [0.2, 0.25) is 0 Å². The minimum absolute atomic E-state index is 0.261. The Morgan fingerprint density at radius 1 is 1.77 bits per heavy atom. The molecule has 0 aromatic carbocycles. The van der Waals surface area contributed by atoms with E-state index in [1.807, 2.05) is 6.92 Å². The summed E-state index contributed by atoms with van der Waals surface area (Å²) < 4.78 is -0.261. The van der Waals surface area contributed by atoms with E-state index in [0.717, 1.165) is 6.42 Å². The summed E-state index contributed by atoms with van der Waals surface area (Å²) in [5.74, 6) is -0.441. The summed E-state index contributed by atoms with van der Waals surface area (Å²) in [5.41, 5.74) is 5.22. The summed E-state index contributed by atoms with van der Waals surface area (Å²) in [6, 6.07) is -0.497. The van der Waals surface area contributed by atoms with Crippen LogP contribution in [0.5, 0.6) is 0 Å². The first-order chi connectivity index (χ1) is 6.10. The van der Waals surface area contributed by atoms with Crippen molar-refractivity contribution in [1.29, 1.82) is 0 Å². The fourth-order valence-corrected chi connectivity index (χ4v) is 1.46. The van der Waals surface area contributed by atoms with E-state index in [0.29, 0.717) is 6.42 Å². The van der Waals surface area contributed by atoms with Gasteiger partial charge in [-0.2, -0.15) is 0 Å². The van der Waals surface area contributed by atoms with Crippen molar-refractivity contribution in [3.05, 3.63) is 0 Å². The molecule has 1 aliphatic heterocycles. The smallest absolute Gasteiger partial charge is 0.279 e. The summed E-state index contributed by atoms with van der Waals surface area (Å²) >= 11 is 4.18. The third-order valence-electron chi connectivity index (χ3n) is 1.81. The van der Waals surface area contributed by atoms with Gasteiger partial charge in [-0.15, -0.1) is 0 Å². The van der Waals surface area contributed by atoms with Crippen LogP contribution in [-0.4, -0.2) is 22.3 Å². The lowest BCUT2D eigenvalue weighted by Gasteiger charge is -2.21. The van der Waals surface area contributed by atoms with Crippen molar-refractivity contribution in [3.63, 3.8) is 0 Å². The largest absolute Gasteiger partial charge is 0.364 e. The van der Waals surface area contributed by atoms with E-state index in [1.165, 1.54) is 6.34 Å². The summed E-state index contributed by atoms with van der Waals surface area (Å²) in [5, 5.41) is 10.7. The lowest BCUT2D eigenvalue weighted by atomic mass is 10.1. The maximum atomic E-state index is 11.1. The van der Waals surface area contributed by atoms with Gasteiger partial charge in [-0.25, -0.2) is 0 Å². The number of carbonyl (C=O) groups is 1. The maximum Gasteiger partial charge on any atom is 0.279 e. The normalized spacial score (nSPS) is 27.8. The van der Waals surface area contributed by atoms with Crippen LogP contribution in [0, 0.1) is 0 Å². The zero-order valence-corrected chi connectivity index (χ0v) is 8.19. The van der Waals surface area contributed by atoms with E-state index in [-0.39, 0.29) is 4.00 Å². The van der Waals surface area contributed by atoms with Gasteiger partial charge in [0.1, 0.15) is 0 Å². The first kappa shape index (κ1) is 10.1. The lowest BCUT2D eigenvalue weighted by molar-refractivity contribution is -0.716. The molecule has 0 fully saturated rings. The van der Waals surface area contributed by atoms with Gasteiger partial charge in [-0.05, 0) is 6.42 Å². The van der Waals surface area contributed by atoms with Crippen molar-refractivity contribution >= 4 is 25.1 Å². The van der Waals surface area contributed by atoms with E-state index in [1.54, 1.807) is 0 Å². The molecular formula is C6H12N5OS+. The van der Waals surface area contributed by atoms with Gasteiger partial charge in [-0.3, -0.25) is 4.79 Å². The second kappa shape index (κ2) is 3.84. The number of nitrogens with two attached hydrogens (primary N) is 1. The van der Waals surface area contributed by atoms with Crippen LogP contribution in [0.4, 0.5) is 0 Å². The molecule has 0 aliphatic carbocycles. The fourth-order valence-electron chi connectivity index (χ4n) is 1.15. The Bertz CT molecular complexity index is 252. The molecule has 0 aromatic rings. The second-order valence-electron chi connectivity index (χ2n) is 2.82. The third-order valence-corrected chi connectivity index (χ3v) is 2.27. The van der Waals surface area contributed by atoms with Crippen LogP contribution in [0.3, 0.4) is 0 Å². The summed E-state index contributed by atoms with van der Waals surface area (Å²) in [6.07, 6.45) is 2.83. The minimum atomic E-state index is -0.497. The molecule has 2 atom stereocenters. The molecule has 7 heteroatoms. The van der Waals surface area contributed by atoms with Crippen LogP contribution in [0.15, 0.2) is 15.5 Å². The lowest BCUT2D eigenvalue weighted by Crippen LogP contribution is -2.48. The molecular weight excluding hydrogens is 190 g/mol. The zero-order chi connectivity index (χ0) is 9.90. The number of thiol groups is 1. The molecule has 1 amide bonds. The molecule has 0 radical (unpaired) electrons. The van der Waals surface area contributed by atoms with Crippen molar-refractivity contribution in [2.75, 3.05) is 0 Å². The van der Waals surface area contributed by atoms with E-state index in [2.05, 4.69) is 28.4 Å². The van der Waals surface area contributed by atoms with Gasteiger partial charge >= 0.3 is 0 Å². The average molecular weight is 202 g/mol. The predicted molar refractivity (Wildman–Crippen MR) is 50.5 cm³/mol. The highest BCUT2D eigenvalue weighted by Crippen LogP contribution is 2.23. The monoisotopic (exact) mass is 202 g/mol. The zero-order valence-electron chi connectivity index (χ0n) is 7.29. The molecule has 72 valence electrons. The Balaban J connectivity index is 2.80. The van der Waals surface area contributed by atoms with Crippen molar-refractivity contribution in [2.45, 2.75) is 25.8 Å². The predicted octanol–water partition coefficient (Wildman–Crippen LogP) is 0.626. The molecule has 13 heavy (non-hydrogen) atoms. The van der Waals surface area contributed by atoms with Crippen molar-refractivity contribution in [3.8, 4) is 0 Å². The third kappa shape index (κ3) is 2.04. The van der Waals surface area contributed by atoms with Gasteiger partial charge in [0.15, 0.2) is 0 Å². The van der Waals surface area contributed by atoms with E-state index >= 15 is 0 Å². The van der Waals surface area contributed by atoms with Gasteiger partial charge in [0.25, 0.3) is 12.2 Å². The fraction of sp³-hybridized carbons (Fsp3) is 0.667. The highest BCUT2D eigenvalue weighted by Gasteiger charge is 2.41. The Morgan fingerprint density at radius 2 is 2.46 bits per heavy atom. The summed E-state index contributed by atoms with van der Waals surface area (Å²) in [6.45, 7) is 1.96. The van der Waals surface area contributed by atoms with Crippen LogP contribution < -0.4 is 5.73 Å². The molecule has 1 aliphatic rings. The molecule has 6 nitrogen and oxygen atoms in total. The first-order valence-electron chi connectivity index (χ1n) is 3.97. The van der Waals surface area contributed by atoms with Crippen LogP contribution in [0.1, 0.15) is 19.8 Å². The number of nitrogens with zero attached hydrogens (tertiary/aromatic N) is 4. The first-order valence-corrected chi connectivity index (χ1v) is 4.37. The van der Waals surface area contributed by atoms with Crippen LogP contribution in [0.25, 0.3) is 0 Å². The molecule has 0 saturated carbocycles. The molecule has 0 saturated heterocycles. The molecule has 0 spiro atoms. The average Bonchev–Trinajstić information content (AvgIpc) is 2.48. The number of quaternary nitrogens is 1. The number of primary amides is 1. The molecule has 2 unspecified atom stereocenters. The van der Waals surface area contributed by atoms with E-state index in [4.69, 9.17) is 5.73 Å². The highest BCUT2D eigenvalue weighted by molar-refractivity contribution is 7.74. The number of hydrogen-bond acceptors (Lipinski definition) is 5. The molecule has 2 N–H and O–H groups in total. The number of amides is 1. The Hall–Kier alpha value is -0.950. The molecule has 1 heterocycles. The van der Waals surface area contributed by atoms with Crippen molar-refractivity contribution in [1.82, 2.24) is 0 Å². The minimum Gasteiger partial charge on any atom is -0.364 e. The van der Waals surface area contributed by atoms with Gasteiger partial charge in [-0.1, -0.05) is 16.0 Å². The number of rotatable bonds is 4. The quantitative estimate of drug-likeness (QED) is 0.508. The van der Waals surface area contributed by atoms with Gasteiger partial charge in [0, 0.05) is 11.6 Å². The highest BCUT2D eigenvalue weighted by atomic mass is 32.1.